The van der Waals surface area contributed by atoms with E-state index in [0.717, 1.165) is 15.6 Å². The van der Waals surface area contributed by atoms with Crippen LogP contribution in [0.5, 0.6) is 0 Å². The SMILES string of the molecule is NC(=O)C(=O)C(Cc1csc2ccccc12)NC(=O)c1conc1-c1ccccn1. The number of aromatic nitrogens is 2. The van der Waals surface area contributed by atoms with Crippen molar-refractivity contribution >= 4 is 39.0 Å². The first-order valence-electron chi connectivity index (χ1n) is 9.00. The number of carbonyl (C=O) groups is 3. The molecule has 0 saturated carbocycles. The fourth-order valence-electron chi connectivity index (χ4n) is 3.11. The second kappa shape index (κ2) is 8.26. The minimum atomic E-state index is -1.13. The van der Waals surface area contributed by atoms with Crippen molar-refractivity contribution in [2.75, 3.05) is 0 Å². The van der Waals surface area contributed by atoms with Crippen molar-refractivity contribution in [2.24, 2.45) is 5.73 Å². The van der Waals surface area contributed by atoms with E-state index in [1.54, 1.807) is 24.4 Å². The van der Waals surface area contributed by atoms with Gasteiger partial charge in [-0.15, -0.1) is 11.3 Å². The molecule has 3 N–H and O–H groups in total. The third-order valence-corrected chi connectivity index (χ3v) is 5.58. The van der Waals surface area contributed by atoms with Crippen LogP contribution in [0.2, 0.25) is 0 Å². The van der Waals surface area contributed by atoms with Crippen LogP contribution in [0.4, 0.5) is 0 Å². The Kier molecular flexibility index (Phi) is 5.36. The van der Waals surface area contributed by atoms with Crippen molar-refractivity contribution in [3.05, 3.63) is 71.4 Å². The standard InChI is InChI=1S/C21H16N4O4S/c22-20(27)19(26)16(9-12-11-30-17-7-2-1-5-13(12)17)24-21(28)14-10-29-25-18(14)15-6-3-4-8-23-15/h1-8,10-11,16H,9H2,(H2,22,27)(H,24,28). The first-order valence-corrected chi connectivity index (χ1v) is 9.88. The second-order valence-electron chi connectivity index (χ2n) is 6.51. The molecule has 0 spiro atoms. The van der Waals surface area contributed by atoms with Gasteiger partial charge in [-0.05, 0) is 34.5 Å². The predicted molar refractivity (Wildman–Crippen MR) is 111 cm³/mol. The maximum Gasteiger partial charge on any atom is 0.287 e. The van der Waals surface area contributed by atoms with Gasteiger partial charge < -0.3 is 15.6 Å². The largest absolute Gasteiger partial charge is 0.363 e. The van der Waals surface area contributed by atoms with Gasteiger partial charge in [0.15, 0.2) is 0 Å². The third-order valence-electron chi connectivity index (χ3n) is 4.57. The maximum absolute atomic E-state index is 12.9. The summed E-state index contributed by atoms with van der Waals surface area (Å²) >= 11 is 1.52. The fraction of sp³-hybridized carbons (Fsp3) is 0.0952. The summed E-state index contributed by atoms with van der Waals surface area (Å²) in [5.41, 5.74) is 6.84. The molecule has 0 aliphatic heterocycles. The number of hydrogen-bond donors (Lipinski definition) is 2. The van der Waals surface area contributed by atoms with Crippen LogP contribution in [0.15, 0.2) is 64.8 Å². The Hall–Kier alpha value is -3.85. The van der Waals surface area contributed by atoms with E-state index in [-0.39, 0.29) is 17.7 Å². The van der Waals surface area contributed by atoms with E-state index in [1.165, 1.54) is 17.6 Å². The Morgan fingerprint density at radius 1 is 1.13 bits per heavy atom. The Bertz CT molecular complexity index is 1230. The zero-order valence-corrected chi connectivity index (χ0v) is 16.4. The normalized spacial score (nSPS) is 11.9. The molecule has 8 nitrogen and oxygen atoms in total. The van der Waals surface area contributed by atoms with Crippen molar-refractivity contribution in [1.82, 2.24) is 15.5 Å². The number of Topliss-reactive ketones (excluding diaryl/α,β-unsaturated/α-hetero) is 1. The second-order valence-corrected chi connectivity index (χ2v) is 7.42. The molecule has 0 aliphatic carbocycles. The Morgan fingerprint density at radius 2 is 1.93 bits per heavy atom. The number of fused-ring (bicyclic) bond motifs is 1. The molecule has 3 aromatic heterocycles. The number of thiophene rings is 1. The van der Waals surface area contributed by atoms with Crippen molar-refractivity contribution < 1.29 is 18.9 Å². The van der Waals surface area contributed by atoms with E-state index < -0.39 is 23.6 Å². The lowest BCUT2D eigenvalue weighted by atomic mass is 10.0. The highest BCUT2D eigenvalue weighted by Crippen LogP contribution is 2.27. The molecule has 0 aliphatic rings. The van der Waals surface area contributed by atoms with Crippen molar-refractivity contribution in [3.8, 4) is 11.4 Å². The number of pyridine rings is 1. The van der Waals surface area contributed by atoms with Crippen molar-refractivity contribution in [1.29, 1.82) is 0 Å². The highest BCUT2D eigenvalue weighted by molar-refractivity contribution is 7.17. The molecule has 150 valence electrons. The molecule has 30 heavy (non-hydrogen) atoms. The summed E-state index contributed by atoms with van der Waals surface area (Å²) in [6, 6.07) is 11.7. The number of rotatable bonds is 7. The molecule has 0 radical (unpaired) electrons. The van der Waals surface area contributed by atoms with E-state index in [4.69, 9.17) is 10.3 Å². The van der Waals surface area contributed by atoms with Gasteiger partial charge in [0.25, 0.3) is 11.8 Å². The molecule has 0 fully saturated rings. The van der Waals surface area contributed by atoms with E-state index in [9.17, 15) is 14.4 Å². The maximum atomic E-state index is 12.9. The number of amides is 2. The molecular formula is C21H16N4O4S. The van der Waals surface area contributed by atoms with Crippen LogP contribution >= 0.6 is 11.3 Å². The van der Waals surface area contributed by atoms with Crippen LogP contribution in [0, 0.1) is 0 Å². The Balaban J connectivity index is 1.62. The number of hydrogen-bond acceptors (Lipinski definition) is 7. The highest BCUT2D eigenvalue weighted by atomic mass is 32.1. The zero-order valence-electron chi connectivity index (χ0n) is 15.6. The predicted octanol–water partition coefficient (Wildman–Crippen LogP) is 2.35. The van der Waals surface area contributed by atoms with Crippen LogP contribution in [-0.4, -0.2) is 33.8 Å². The van der Waals surface area contributed by atoms with Gasteiger partial charge in [0, 0.05) is 17.3 Å². The van der Waals surface area contributed by atoms with Crippen LogP contribution in [-0.2, 0) is 16.0 Å². The summed E-state index contributed by atoms with van der Waals surface area (Å²) in [6.45, 7) is 0. The smallest absolute Gasteiger partial charge is 0.287 e. The van der Waals surface area contributed by atoms with E-state index >= 15 is 0 Å². The molecule has 0 saturated heterocycles. The first-order chi connectivity index (χ1) is 14.5. The lowest BCUT2D eigenvalue weighted by Crippen LogP contribution is -2.47. The highest BCUT2D eigenvalue weighted by Gasteiger charge is 2.28. The van der Waals surface area contributed by atoms with Gasteiger partial charge in [-0.1, -0.05) is 29.4 Å². The summed E-state index contributed by atoms with van der Waals surface area (Å²) < 4.78 is 5.99. The first kappa shape index (κ1) is 19.5. The van der Waals surface area contributed by atoms with E-state index in [0.29, 0.717) is 5.69 Å². The quantitative estimate of drug-likeness (QED) is 0.442. The average Bonchev–Trinajstić information content (AvgIpc) is 3.41. The summed E-state index contributed by atoms with van der Waals surface area (Å²) in [7, 11) is 0. The van der Waals surface area contributed by atoms with Crippen LogP contribution in [0.1, 0.15) is 15.9 Å². The summed E-state index contributed by atoms with van der Waals surface area (Å²) in [5.74, 6) is -2.61. The summed E-state index contributed by atoms with van der Waals surface area (Å²) in [6.07, 6.45) is 2.86. The number of nitrogens with two attached hydrogens (primary N) is 1. The Labute approximate surface area is 174 Å². The van der Waals surface area contributed by atoms with Gasteiger partial charge in [-0.3, -0.25) is 19.4 Å². The molecule has 1 atom stereocenters. The van der Waals surface area contributed by atoms with Gasteiger partial charge in [-0.2, -0.15) is 0 Å². The third kappa shape index (κ3) is 3.83. The van der Waals surface area contributed by atoms with Crippen LogP contribution in [0.25, 0.3) is 21.5 Å². The monoisotopic (exact) mass is 420 g/mol. The van der Waals surface area contributed by atoms with Gasteiger partial charge in [0.2, 0.25) is 5.78 Å². The molecular weight excluding hydrogens is 404 g/mol. The van der Waals surface area contributed by atoms with E-state index in [2.05, 4.69) is 15.5 Å². The number of primary amides is 1. The number of benzene rings is 1. The van der Waals surface area contributed by atoms with Crippen LogP contribution in [0.3, 0.4) is 0 Å². The van der Waals surface area contributed by atoms with Crippen LogP contribution < -0.4 is 11.1 Å². The van der Waals surface area contributed by atoms with Gasteiger partial charge >= 0.3 is 0 Å². The van der Waals surface area contributed by atoms with Gasteiger partial charge in [-0.25, -0.2) is 0 Å². The number of nitrogens with zero attached hydrogens (tertiary/aromatic N) is 2. The van der Waals surface area contributed by atoms with Crippen molar-refractivity contribution in [2.45, 2.75) is 12.5 Å². The van der Waals surface area contributed by atoms with Gasteiger partial charge in [0.1, 0.15) is 23.6 Å². The fourth-order valence-corrected chi connectivity index (χ4v) is 4.09. The molecule has 3 heterocycles. The number of ketones is 1. The lowest BCUT2D eigenvalue weighted by molar-refractivity contribution is -0.137. The molecule has 4 rings (SSSR count). The lowest BCUT2D eigenvalue weighted by Gasteiger charge is -2.16. The summed E-state index contributed by atoms with van der Waals surface area (Å²) in [4.78, 5) is 41.0. The number of carbonyl (C=O) groups excluding carboxylic acids is 3. The average molecular weight is 420 g/mol. The zero-order chi connectivity index (χ0) is 21.1. The summed E-state index contributed by atoms with van der Waals surface area (Å²) in [5, 5.41) is 9.30. The molecule has 4 aromatic rings. The molecule has 9 heteroatoms. The van der Waals surface area contributed by atoms with Crippen molar-refractivity contribution in [3.63, 3.8) is 0 Å². The topological polar surface area (TPSA) is 128 Å². The molecule has 1 aromatic carbocycles. The molecule has 0 bridgehead atoms. The Morgan fingerprint density at radius 3 is 2.70 bits per heavy atom. The van der Waals surface area contributed by atoms with Gasteiger partial charge in [0.05, 0.1) is 5.69 Å². The minimum absolute atomic E-state index is 0.103. The minimum Gasteiger partial charge on any atom is -0.363 e. The van der Waals surface area contributed by atoms with E-state index in [1.807, 2.05) is 29.6 Å². The molecule has 1 unspecified atom stereocenters. The number of nitrogens with one attached hydrogen (secondary N) is 1. The molecule has 2 amide bonds.